The van der Waals surface area contributed by atoms with Crippen LogP contribution in [0.15, 0.2) is 24.3 Å². The Bertz CT molecular complexity index is 1100. The first-order valence-electron chi connectivity index (χ1n) is 22.5. The van der Waals surface area contributed by atoms with E-state index in [0.717, 1.165) is 51.4 Å². The fraction of sp³-hybridized carbons (Fsp3) is 0.886. The van der Waals surface area contributed by atoms with Crippen LogP contribution in [0.2, 0.25) is 0 Å². The van der Waals surface area contributed by atoms with Gasteiger partial charge in [-0.25, -0.2) is 9.78 Å². The summed E-state index contributed by atoms with van der Waals surface area (Å²) in [5.74, 6) is 0.0744. The SMILES string of the molecule is CCCCCCCCCCCCCCCCOCC(COP(=O)([O-])OCC[N+](C)(C)C)OC(=O)CCC/C=C\CC1C2CC(OO2)C1/C=C/C(O)CCCCC. The van der Waals surface area contributed by atoms with E-state index in [1.807, 2.05) is 27.2 Å². The number of hydrogen-bond donors (Lipinski definition) is 1. The molecule has 2 bridgehead atoms. The second-order valence-corrected chi connectivity index (χ2v) is 18.6. The number of unbranched alkanes of at least 4 members (excludes halogenated alkanes) is 16. The van der Waals surface area contributed by atoms with E-state index in [9.17, 15) is 19.4 Å². The molecule has 1 aliphatic heterocycles. The quantitative estimate of drug-likeness (QED) is 0.0162. The maximum absolute atomic E-state index is 12.8. The lowest BCUT2D eigenvalue weighted by molar-refractivity contribution is -0.870. The topological polar surface area (TPSA) is 133 Å². The van der Waals surface area contributed by atoms with Crippen LogP contribution in [0.25, 0.3) is 0 Å². The van der Waals surface area contributed by atoms with Gasteiger partial charge in [0.15, 0.2) is 0 Å². The molecule has 7 unspecified atom stereocenters. The van der Waals surface area contributed by atoms with Crippen LogP contribution in [0.4, 0.5) is 0 Å². The minimum Gasteiger partial charge on any atom is -0.756 e. The van der Waals surface area contributed by atoms with E-state index in [4.69, 9.17) is 28.3 Å². The van der Waals surface area contributed by atoms with Gasteiger partial charge in [0, 0.05) is 31.3 Å². The number of likely N-dealkylation sites (N-methyl/N-ethyl adjacent to an activating group) is 1. The highest BCUT2D eigenvalue weighted by Crippen LogP contribution is 2.45. The first kappa shape index (κ1) is 51.0. The third-order valence-corrected chi connectivity index (χ3v) is 11.8. The number of allylic oxidation sites excluding steroid dienone is 2. The van der Waals surface area contributed by atoms with Crippen LogP contribution in [0.3, 0.4) is 0 Å². The maximum Gasteiger partial charge on any atom is 0.306 e. The summed E-state index contributed by atoms with van der Waals surface area (Å²) in [6.45, 7) is 5.14. The molecule has 0 aromatic rings. The van der Waals surface area contributed by atoms with E-state index >= 15 is 0 Å². The van der Waals surface area contributed by atoms with Gasteiger partial charge in [-0.2, -0.15) is 0 Å². The average Bonchev–Trinajstić information content (AvgIpc) is 3.76. The van der Waals surface area contributed by atoms with E-state index in [1.54, 1.807) is 0 Å². The molecule has 0 radical (unpaired) electrons. The van der Waals surface area contributed by atoms with Crippen molar-refractivity contribution < 1.29 is 52.1 Å². The molecule has 2 rings (SSSR count). The predicted molar refractivity (Wildman–Crippen MR) is 222 cm³/mol. The molecule has 1 aliphatic carbocycles. The third kappa shape index (κ3) is 25.4. The number of fused-ring (bicyclic) bond motifs is 2. The monoisotopic (exact) mass is 816 g/mol. The van der Waals surface area contributed by atoms with Gasteiger partial charge >= 0.3 is 5.97 Å². The van der Waals surface area contributed by atoms with Crippen molar-refractivity contribution in [3.63, 3.8) is 0 Å². The number of quaternary nitrogens is 1. The number of phosphoric ester groups is 1. The number of aliphatic hydroxyl groups is 1. The third-order valence-electron chi connectivity index (χ3n) is 10.8. The Labute approximate surface area is 341 Å². The molecular weight excluding hydrogens is 733 g/mol. The summed E-state index contributed by atoms with van der Waals surface area (Å²) >= 11 is 0. The normalized spacial score (nSPS) is 22.0. The van der Waals surface area contributed by atoms with Gasteiger partial charge in [-0.15, -0.1) is 0 Å². The summed E-state index contributed by atoms with van der Waals surface area (Å²) in [6, 6.07) is 0. The number of ether oxygens (including phenoxy) is 2. The molecule has 7 atom stereocenters. The largest absolute Gasteiger partial charge is 0.756 e. The van der Waals surface area contributed by atoms with Gasteiger partial charge in [0.05, 0.1) is 46.6 Å². The van der Waals surface area contributed by atoms with E-state index in [2.05, 4.69) is 32.1 Å². The van der Waals surface area contributed by atoms with Crippen molar-refractivity contribution in [1.29, 1.82) is 0 Å². The highest BCUT2D eigenvalue weighted by Gasteiger charge is 2.49. The molecule has 56 heavy (non-hydrogen) atoms. The van der Waals surface area contributed by atoms with Gasteiger partial charge in [0.2, 0.25) is 0 Å². The fourth-order valence-electron chi connectivity index (χ4n) is 7.32. The molecule has 12 heteroatoms. The lowest BCUT2D eigenvalue weighted by atomic mass is 9.89. The number of carbonyl (C=O) groups is 1. The molecule has 328 valence electrons. The molecule has 0 aromatic carbocycles. The van der Waals surface area contributed by atoms with Crippen molar-refractivity contribution in [2.45, 2.75) is 186 Å². The molecule has 0 aromatic heterocycles. The number of esters is 1. The molecule has 1 saturated carbocycles. The molecular formula is C44H82NO10P. The molecule has 0 amide bonds. The molecule has 1 N–H and O–H groups in total. The summed E-state index contributed by atoms with van der Waals surface area (Å²) in [7, 11) is 1.27. The summed E-state index contributed by atoms with van der Waals surface area (Å²) in [5.41, 5.74) is 0. The lowest BCUT2D eigenvalue weighted by Gasteiger charge is -2.28. The Morgan fingerprint density at radius 3 is 2.05 bits per heavy atom. The molecule has 1 heterocycles. The molecule has 2 fully saturated rings. The van der Waals surface area contributed by atoms with E-state index in [1.165, 1.54) is 77.0 Å². The Kier molecular flexibility index (Phi) is 28.1. The van der Waals surface area contributed by atoms with E-state index in [0.29, 0.717) is 30.5 Å². The Morgan fingerprint density at radius 1 is 0.804 bits per heavy atom. The second kappa shape index (κ2) is 30.8. The predicted octanol–water partition coefficient (Wildman–Crippen LogP) is 9.55. The van der Waals surface area contributed by atoms with Gasteiger partial charge in [-0.05, 0) is 32.1 Å². The Hall–Kier alpha value is -1.14. The van der Waals surface area contributed by atoms with Gasteiger partial charge in [-0.1, -0.05) is 141 Å². The van der Waals surface area contributed by atoms with Crippen molar-refractivity contribution >= 4 is 13.8 Å². The Morgan fingerprint density at radius 2 is 1.41 bits per heavy atom. The van der Waals surface area contributed by atoms with Crippen LogP contribution in [-0.2, 0) is 37.7 Å². The smallest absolute Gasteiger partial charge is 0.306 e. The Balaban J connectivity index is 1.70. The van der Waals surface area contributed by atoms with E-state index in [-0.39, 0.29) is 50.3 Å². The van der Waals surface area contributed by atoms with Crippen molar-refractivity contribution in [1.82, 2.24) is 0 Å². The highest BCUT2D eigenvalue weighted by atomic mass is 31.2. The molecule has 11 nitrogen and oxygen atoms in total. The van der Waals surface area contributed by atoms with Gasteiger partial charge < -0.3 is 33.0 Å². The van der Waals surface area contributed by atoms with Crippen LogP contribution >= 0.6 is 7.82 Å². The number of nitrogens with zero attached hydrogens (tertiary/aromatic N) is 1. The van der Waals surface area contributed by atoms with Gasteiger partial charge in [0.25, 0.3) is 7.82 Å². The van der Waals surface area contributed by atoms with Crippen LogP contribution in [0.1, 0.15) is 162 Å². The van der Waals surface area contributed by atoms with Crippen molar-refractivity contribution in [3.05, 3.63) is 24.3 Å². The molecule has 1 saturated heterocycles. The molecule has 2 aliphatic rings. The van der Waals surface area contributed by atoms with E-state index < -0.39 is 26.0 Å². The lowest BCUT2D eigenvalue weighted by Crippen LogP contribution is -2.37. The fourth-order valence-corrected chi connectivity index (χ4v) is 8.05. The standard InChI is InChI=1S/C44H82NO10P/c1-6-8-10-11-12-13-14-15-16-17-18-19-22-26-33-50-36-39(37-52-56(48,49)51-34-32-45(3,4)5)53-44(47)29-25-21-20-24-28-40-41(43-35-42(40)54-55-43)31-30-38(46)27-23-9-7-2/h20,24,30-31,38-43,46H,6-19,21-23,25-29,32-37H2,1-5H3/b24-20-,31-30+. The van der Waals surface area contributed by atoms with Crippen LogP contribution in [0.5, 0.6) is 0 Å². The minimum absolute atomic E-state index is 0.000266. The van der Waals surface area contributed by atoms with Gasteiger partial charge in [-0.3, -0.25) is 9.36 Å². The summed E-state index contributed by atoms with van der Waals surface area (Å²) in [4.78, 5) is 36.3. The minimum atomic E-state index is -4.57. The zero-order valence-corrected chi connectivity index (χ0v) is 37.0. The first-order valence-corrected chi connectivity index (χ1v) is 23.9. The van der Waals surface area contributed by atoms with Crippen LogP contribution in [-0.4, -0.2) is 94.1 Å². The zero-order chi connectivity index (χ0) is 40.9. The number of rotatable bonds is 37. The number of carbonyl (C=O) groups excluding carboxylic acids is 1. The summed E-state index contributed by atoms with van der Waals surface area (Å²) < 4.78 is 34.7. The summed E-state index contributed by atoms with van der Waals surface area (Å²) in [6.07, 6.45) is 32.2. The van der Waals surface area contributed by atoms with Crippen molar-refractivity contribution in [3.8, 4) is 0 Å². The second-order valence-electron chi connectivity index (χ2n) is 17.2. The average molecular weight is 816 g/mol. The number of aliphatic hydroxyl groups excluding tert-OH is 1. The van der Waals surface area contributed by atoms with Crippen molar-refractivity contribution in [2.75, 3.05) is 54.1 Å². The zero-order valence-electron chi connectivity index (χ0n) is 36.1. The highest BCUT2D eigenvalue weighted by molar-refractivity contribution is 7.45. The first-order chi connectivity index (χ1) is 26.9. The number of hydrogen-bond acceptors (Lipinski definition) is 10. The van der Waals surface area contributed by atoms with Crippen LogP contribution < -0.4 is 4.89 Å². The maximum atomic E-state index is 12.8. The summed E-state index contributed by atoms with van der Waals surface area (Å²) in [5, 5.41) is 10.4. The van der Waals surface area contributed by atoms with Gasteiger partial charge in [0.1, 0.15) is 25.4 Å². The number of phosphoric acid groups is 1. The van der Waals surface area contributed by atoms with Crippen LogP contribution in [0, 0.1) is 11.8 Å². The molecule has 0 spiro atoms. The van der Waals surface area contributed by atoms with Crippen molar-refractivity contribution in [2.24, 2.45) is 11.8 Å².